The number of H-pyrrole nitrogens is 1. The minimum Gasteiger partial charge on any atom is -0.472 e. The van der Waals surface area contributed by atoms with Crippen molar-refractivity contribution in [3.05, 3.63) is 24.2 Å². The lowest BCUT2D eigenvalue weighted by Gasteiger charge is -1.97. The normalized spacial score (nSPS) is 9.93. The molecule has 0 saturated heterocycles. The van der Waals surface area contributed by atoms with Crippen LogP contribution in [0.2, 0.25) is 0 Å². The summed E-state index contributed by atoms with van der Waals surface area (Å²) in [5.74, 6) is 1.18. The van der Waals surface area contributed by atoms with Crippen molar-refractivity contribution in [3.8, 4) is 5.88 Å². The van der Waals surface area contributed by atoms with Gasteiger partial charge in [0.05, 0.1) is 0 Å². The van der Waals surface area contributed by atoms with Crippen LogP contribution in [0.25, 0.3) is 0 Å². The second-order valence-corrected chi connectivity index (χ2v) is 3.22. The fourth-order valence-corrected chi connectivity index (χ4v) is 1.21. The molecule has 0 bridgehead atoms. The minimum atomic E-state index is 0.360. The molecule has 0 saturated carbocycles. The van der Waals surface area contributed by atoms with Gasteiger partial charge in [-0.3, -0.25) is 4.79 Å². The molecule has 0 radical (unpaired) electrons. The van der Waals surface area contributed by atoms with Crippen LogP contribution >= 0.6 is 0 Å². The number of carbonyl (C=O) groups is 1. The molecular weight excluding hydrogens is 192 g/mol. The van der Waals surface area contributed by atoms with Crippen LogP contribution in [-0.4, -0.2) is 22.9 Å². The largest absolute Gasteiger partial charge is 0.472 e. The average molecular weight is 208 g/mol. The fraction of sp³-hybridized carbons (Fsp3) is 0.455. The number of carbonyl (C=O) groups excluding carboxylic acids is 1. The van der Waals surface area contributed by atoms with Gasteiger partial charge in [-0.25, -0.2) is 0 Å². The van der Waals surface area contributed by atoms with Crippen LogP contribution in [0.5, 0.6) is 5.88 Å². The molecule has 1 heterocycles. The molecular formula is C11H16N2O2. The van der Waals surface area contributed by atoms with E-state index >= 15 is 0 Å². The van der Waals surface area contributed by atoms with Crippen LogP contribution < -0.4 is 4.74 Å². The number of rotatable bonds is 7. The van der Waals surface area contributed by atoms with Crippen LogP contribution in [0.3, 0.4) is 0 Å². The molecule has 0 spiro atoms. The third-order valence-corrected chi connectivity index (χ3v) is 1.97. The van der Waals surface area contributed by atoms with E-state index in [1.165, 1.54) is 0 Å². The molecule has 4 nitrogen and oxygen atoms in total. The molecule has 0 aliphatic rings. The van der Waals surface area contributed by atoms with Gasteiger partial charge in [-0.05, 0) is 6.42 Å². The van der Waals surface area contributed by atoms with Gasteiger partial charge in [0, 0.05) is 6.42 Å². The maximum atomic E-state index is 10.7. The van der Waals surface area contributed by atoms with Crippen molar-refractivity contribution < 1.29 is 9.53 Å². The second-order valence-electron chi connectivity index (χ2n) is 3.22. The number of imidazole rings is 1. The average Bonchev–Trinajstić information content (AvgIpc) is 2.66. The summed E-state index contributed by atoms with van der Waals surface area (Å²) in [6.45, 7) is 6.01. The Kier molecular flexibility index (Phi) is 4.60. The molecule has 0 aliphatic carbocycles. The number of aromatic nitrogens is 2. The Hall–Kier alpha value is -1.58. The Morgan fingerprint density at radius 3 is 3.00 bits per heavy atom. The first-order valence-electron chi connectivity index (χ1n) is 5.09. The summed E-state index contributed by atoms with van der Waals surface area (Å²) >= 11 is 0. The molecule has 0 aromatic carbocycles. The van der Waals surface area contributed by atoms with Crippen molar-refractivity contribution in [1.29, 1.82) is 0 Å². The summed E-state index contributed by atoms with van der Waals surface area (Å²) in [6, 6.07) is 0. The Balaban J connectivity index is 2.70. The minimum absolute atomic E-state index is 0.360. The molecule has 1 N–H and O–H groups in total. The van der Waals surface area contributed by atoms with Gasteiger partial charge in [-0.1, -0.05) is 26.0 Å². The molecule has 1 rings (SSSR count). The number of aryl methyl sites for hydroxylation is 1. The lowest BCUT2D eigenvalue weighted by molar-refractivity contribution is 0.111. The van der Waals surface area contributed by atoms with Crippen LogP contribution in [0.1, 0.15) is 36.1 Å². The number of nitrogens with one attached hydrogen (secondary N) is 1. The van der Waals surface area contributed by atoms with E-state index in [0.717, 1.165) is 31.4 Å². The Morgan fingerprint density at radius 2 is 2.40 bits per heavy atom. The molecule has 1 aromatic heterocycles. The van der Waals surface area contributed by atoms with E-state index in [9.17, 15) is 4.79 Å². The summed E-state index contributed by atoms with van der Waals surface area (Å²) in [5, 5.41) is 0. The number of hydrogen-bond donors (Lipinski definition) is 1. The number of unbranched alkanes of at least 4 members (excludes halogenated alkanes) is 1. The Morgan fingerprint density at radius 1 is 1.60 bits per heavy atom. The number of nitrogens with zero attached hydrogens (tertiary/aromatic N) is 1. The highest BCUT2D eigenvalue weighted by atomic mass is 16.5. The van der Waals surface area contributed by atoms with E-state index in [-0.39, 0.29) is 0 Å². The van der Waals surface area contributed by atoms with Crippen molar-refractivity contribution in [2.75, 3.05) is 6.61 Å². The number of aromatic amines is 1. The van der Waals surface area contributed by atoms with Crippen molar-refractivity contribution >= 4 is 6.29 Å². The Bertz CT molecular complexity index is 331. The van der Waals surface area contributed by atoms with Gasteiger partial charge in [0.25, 0.3) is 0 Å². The highest BCUT2D eigenvalue weighted by Crippen LogP contribution is 2.14. The SMILES string of the molecule is C=CCOc1nc(CCCC)[nH]c1C=O. The van der Waals surface area contributed by atoms with Crippen molar-refractivity contribution in [3.63, 3.8) is 0 Å². The van der Waals surface area contributed by atoms with E-state index in [2.05, 4.69) is 23.5 Å². The van der Waals surface area contributed by atoms with E-state index < -0.39 is 0 Å². The molecule has 0 amide bonds. The topological polar surface area (TPSA) is 55.0 Å². The van der Waals surface area contributed by atoms with Gasteiger partial charge in [0.15, 0.2) is 6.29 Å². The van der Waals surface area contributed by atoms with Crippen LogP contribution in [0.15, 0.2) is 12.7 Å². The summed E-state index contributed by atoms with van der Waals surface area (Å²) in [6.07, 6.45) is 5.33. The molecule has 0 atom stereocenters. The fourth-order valence-electron chi connectivity index (χ4n) is 1.21. The quantitative estimate of drug-likeness (QED) is 0.551. The Labute approximate surface area is 89.4 Å². The summed E-state index contributed by atoms with van der Waals surface area (Å²) in [7, 11) is 0. The molecule has 0 unspecified atom stereocenters. The molecule has 15 heavy (non-hydrogen) atoms. The third-order valence-electron chi connectivity index (χ3n) is 1.97. The van der Waals surface area contributed by atoms with Crippen LogP contribution in [-0.2, 0) is 6.42 Å². The van der Waals surface area contributed by atoms with Gasteiger partial charge in [-0.15, -0.1) is 0 Å². The maximum absolute atomic E-state index is 10.7. The highest BCUT2D eigenvalue weighted by molar-refractivity contribution is 5.75. The first-order chi connectivity index (χ1) is 7.31. The lowest BCUT2D eigenvalue weighted by Crippen LogP contribution is -1.95. The molecule has 1 aromatic rings. The molecule has 82 valence electrons. The van der Waals surface area contributed by atoms with E-state index in [4.69, 9.17) is 4.74 Å². The number of aldehydes is 1. The van der Waals surface area contributed by atoms with Gasteiger partial charge < -0.3 is 9.72 Å². The van der Waals surface area contributed by atoms with Crippen LogP contribution in [0, 0.1) is 0 Å². The second kappa shape index (κ2) is 6.01. The number of hydrogen-bond acceptors (Lipinski definition) is 3. The predicted molar refractivity (Wildman–Crippen MR) is 58.3 cm³/mol. The van der Waals surface area contributed by atoms with E-state index in [0.29, 0.717) is 18.2 Å². The zero-order valence-corrected chi connectivity index (χ0v) is 8.95. The maximum Gasteiger partial charge on any atom is 0.243 e. The molecule has 0 aliphatic heterocycles. The lowest BCUT2D eigenvalue weighted by atomic mass is 10.2. The van der Waals surface area contributed by atoms with Gasteiger partial charge in [-0.2, -0.15) is 4.98 Å². The van der Waals surface area contributed by atoms with Crippen molar-refractivity contribution in [2.24, 2.45) is 0 Å². The van der Waals surface area contributed by atoms with Crippen LogP contribution in [0.4, 0.5) is 0 Å². The van der Waals surface area contributed by atoms with Gasteiger partial charge in [0.1, 0.15) is 18.1 Å². The zero-order chi connectivity index (χ0) is 11.1. The third kappa shape index (κ3) is 3.23. The van der Waals surface area contributed by atoms with Gasteiger partial charge in [0.2, 0.25) is 5.88 Å². The van der Waals surface area contributed by atoms with E-state index in [1.54, 1.807) is 6.08 Å². The smallest absolute Gasteiger partial charge is 0.243 e. The standard InChI is InChI=1S/C11H16N2O2/c1-3-5-6-10-12-9(8-14)11(13-10)15-7-4-2/h4,8H,2-3,5-7H2,1H3,(H,12,13). The monoisotopic (exact) mass is 208 g/mol. The molecule has 4 heteroatoms. The summed E-state index contributed by atoms with van der Waals surface area (Å²) in [4.78, 5) is 17.8. The van der Waals surface area contributed by atoms with Crippen molar-refractivity contribution in [1.82, 2.24) is 9.97 Å². The summed E-state index contributed by atoms with van der Waals surface area (Å²) in [5.41, 5.74) is 0.406. The number of ether oxygens (including phenoxy) is 1. The summed E-state index contributed by atoms with van der Waals surface area (Å²) < 4.78 is 5.25. The highest BCUT2D eigenvalue weighted by Gasteiger charge is 2.09. The van der Waals surface area contributed by atoms with Gasteiger partial charge >= 0.3 is 0 Å². The van der Waals surface area contributed by atoms with Crippen molar-refractivity contribution in [2.45, 2.75) is 26.2 Å². The van der Waals surface area contributed by atoms with E-state index in [1.807, 2.05) is 0 Å². The predicted octanol–water partition coefficient (Wildman–Crippen LogP) is 2.13. The first-order valence-corrected chi connectivity index (χ1v) is 5.09. The molecule has 0 fully saturated rings. The zero-order valence-electron chi connectivity index (χ0n) is 8.95. The first kappa shape index (κ1) is 11.5.